The number of benzene rings is 3. The molecule has 0 saturated carbocycles. The zero-order valence-corrected chi connectivity index (χ0v) is 18.9. The molecule has 172 valence electrons. The maximum Gasteiger partial charge on any atom is 0.413 e. The minimum absolute atomic E-state index is 0.128. The number of methoxy groups -OCH3 is 1. The lowest BCUT2D eigenvalue weighted by molar-refractivity contribution is 0.0700. The quantitative estimate of drug-likeness (QED) is 0.404. The number of H-pyrrole nitrogens is 1. The summed E-state index contributed by atoms with van der Waals surface area (Å²) in [6.45, 7) is 0. The molecule has 9 nitrogen and oxygen atoms in total. The zero-order valence-electron chi connectivity index (χ0n) is 18.1. The molecule has 2 heterocycles. The van der Waals surface area contributed by atoms with E-state index in [1.165, 1.54) is 19.1 Å². The molecule has 0 spiro atoms. The van der Waals surface area contributed by atoms with Gasteiger partial charge in [-0.2, -0.15) is 0 Å². The number of halogens is 1. The van der Waals surface area contributed by atoms with Crippen LogP contribution in [0.3, 0.4) is 0 Å². The average molecular weight is 479 g/mol. The molecule has 0 saturated heterocycles. The third kappa shape index (κ3) is 3.09. The lowest BCUT2D eigenvalue weighted by atomic mass is 9.93. The number of imidazole rings is 1. The van der Waals surface area contributed by atoms with E-state index in [-0.39, 0.29) is 5.95 Å². The van der Waals surface area contributed by atoms with Crippen LogP contribution in [0.2, 0.25) is 5.02 Å². The fourth-order valence-corrected chi connectivity index (χ4v) is 4.40. The number of rotatable bonds is 4. The summed E-state index contributed by atoms with van der Waals surface area (Å²) in [5.74, 6) is 0.0644. The molecule has 5 rings (SSSR count). The molecular formula is C24H19ClN4O5. The maximum atomic E-state index is 13.6. The van der Waals surface area contributed by atoms with E-state index in [1.54, 1.807) is 60.7 Å². The van der Waals surface area contributed by atoms with E-state index in [0.717, 1.165) is 4.90 Å². The highest BCUT2D eigenvalue weighted by Crippen LogP contribution is 2.48. The molecule has 0 fully saturated rings. The molecule has 1 aliphatic rings. The Hall–Kier alpha value is -4.08. The molecule has 34 heavy (non-hydrogen) atoms. The normalized spacial score (nSPS) is 17.2. The van der Waals surface area contributed by atoms with Gasteiger partial charge in [0.1, 0.15) is 5.75 Å². The summed E-state index contributed by atoms with van der Waals surface area (Å²) >= 11 is 6.25. The average Bonchev–Trinajstić information content (AvgIpc) is 3.36. The lowest BCUT2D eigenvalue weighted by Crippen LogP contribution is -2.45. The number of fused-ring (bicyclic) bond motifs is 2. The zero-order chi connectivity index (χ0) is 24.2. The highest BCUT2D eigenvalue weighted by molar-refractivity contribution is 6.31. The van der Waals surface area contributed by atoms with Gasteiger partial charge in [-0.3, -0.25) is 14.6 Å². The van der Waals surface area contributed by atoms with Crippen LogP contribution in [0.5, 0.6) is 5.75 Å². The Morgan fingerprint density at radius 3 is 2.68 bits per heavy atom. The number of carbonyl (C=O) groups excluding carboxylic acids is 1. The highest BCUT2D eigenvalue weighted by atomic mass is 35.5. The maximum absolute atomic E-state index is 13.6. The summed E-state index contributed by atoms with van der Waals surface area (Å²) in [7, 11) is 2.84. The summed E-state index contributed by atoms with van der Waals surface area (Å²) in [6, 6.07) is 16.6. The van der Waals surface area contributed by atoms with E-state index in [2.05, 4.69) is 9.97 Å². The molecule has 0 aliphatic carbocycles. The van der Waals surface area contributed by atoms with E-state index >= 15 is 0 Å². The van der Waals surface area contributed by atoms with Crippen LogP contribution in [-0.2, 0) is 5.72 Å². The van der Waals surface area contributed by atoms with Crippen molar-refractivity contribution in [3.8, 4) is 5.75 Å². The van der Waals surface area contributed by atoms with Gasteiger partial charge in [0.15, 0.2) is 5.72 Å². The van der Waals surface area contributed by atoms with E-state index in [9.17, 15) is 19.8 Å². The minimum Gasteiger partial charge on any atom is -0.495 e. The topological polar surface area (TPSA) is 119 Å². The van der Waals surface area contributed by atoms with Crippen LogP contribution in [0.4, 0.5) is 16.4 Å². The van der Waals surface area contributed by atoms with E-state index in [1.807, 2.05) is 0 Å². The van der Waals surface area contributed by atoms with Gasteiger partial charge in [-0.1, -0.05) is 35.9 Å². The van der Waals surface area contributed by atoms with Gasteiger partial charge >= 0.3 is 6.09 Å². The van der Waals surface area contributed by atoms with Gasteiger partial charge in [-0.25, -0.2) is 9.78 Å². The van der Waals surface area contributed by atoms with E-state index in [4.69, 9.17) is 16.3 Å². The predicted octanol–water partition coefficient (Wildman–Crippen LogP) is 4.19. The first-order chi connectivity index (χ1) is 16.3. The number of anilines is 2. The fraction of sp³-hybridized carbons (Fsp3) is 0.125. The summed E-state index contributed by atoms with van der Waals surface area (Å²) in [5.41, 5.74) is 0.489. The lowest BCUT2D eigenvalue weighted by Gasteiger charge is -2.35. The van der Waals surface area contributed by atoms with Gasteiger partial charge in [-0.05, 0) is 36.4 Å². The van der Waals surface area contributed by atoms with Crippen molar-refractivity contribution in [1.82, 2.24) is 9.97 Å². The largest absolute Gasteiger partial charge is 0.495 e. The summed E-state index contributed by atoms with van der Waals surface area (Å²) < 4.78 is 5.47. The summed E-state index contributed by atoms with van der Waals surface area (Å²) in [5, 5.41) is 21.9. The van der Waals surface area contributed by atoms with Crippen molar-refractivity contribution < 1.29 is 24.5 Å². The number of hydrogen-bond acceptors (Lipinski definition) is 5. The van der Waals surface area contributed by atoms with Crippen molar-refractivity contribution in [3.63, 3.8) is 0 Å². The molecule has 1 aliphatic heterocycles. The van der Waals surface area contributed by atoms with Crippen LogP contribution in [0.25, 0.3) is 11.0 Å². The molecule has 0 bridgehead atoms. The Kier molecular flexibility index (Phi) is 4.96. The van der Waals surface area contributed by atoms with Crippen LogP contribution in [-0.4, -0.2) is 46.3 Å². The first-order valence-corrected chi connectivity index (χ1v) is 10.6. The van der Waals surface area contributed by atoms with Crippen LogP contribution < -0.4 is 14.5 Å². The van der Waals surface area contributed by atoms with Crippen molar-refractivity contribution in [2.24, 2.45) is 0 Å². The van der Waals surface area contributed by atoms with Crippen LogP contribution in [0.1, 0.15) is 21.5 Å². The van der Waals surface area contributed by atoms with Crippen LogP contribution in [0, 0.1) is 0 Å². The fourth-order valence-electron chi connectivity index (χ4n) is 4.23. The Bertz CT molecular complexity index is 1470. The van der Waals surface area contributed by atoms with Gasteiger partial charge in [-0.15, -0.1) is 0 Å². The Morgan fingerprint density at radius 1 is 1.18 bits per heavy atom. The molecule has 1 aromatic heterocycles. The van der Waals surface area contributed by atoms with Crippen molar-refractivity contribution in [2.75, 3.05) is 24.0 Å². The molecule has 1 atom stereocenters. The molecule has 0 radical (unpaired) electrons. The second-order valence-corrected chi connectivity index (χ2v) is 8.24. The van der Waals surface area contributed by atoms with Gasteiger partial charge in [0.2, 0.25) is 5.95 Å². The molecule has 4 aromatic rings. The SMILES string of the molecule is COc1ccc(Cl)cc1N1C(=O)c2ccccc2C1(O)c1ccc2nc(N(C)C(=O)O)[nH]c2c1. The number of ether oxygens (including phenoxy) is 1. The monoisotopic (exact) mass is 478 g/mol. The van der Waals surface area contributed by atoms with Gasteiger partial charge < -0.3 is 19.9 Å². The third-order valence-electron chi connectivity index (χ3n) is 5.92. The Morgan fingerprint density at radius 2 is 1.94 bits per heavy atom. The molecule has 3 N–H and O–H groups in total. The number of hydrogen-bond donors (Lipinski definition) is 3. The molecule has 10 heteroatoms. The van der Waals surface area contributed by atoms with Crippen LogP contribution >= 0.6 is 11.6 Å². The predicted molar refractivity (Wildman–Crippen MR) is 127 cm³/mol. The van der Waals surface area contributed by atoms with Crippen molar-refractivity contribution in [1.29, 1.82) is 0 Å². The minimum atomic E-state index is -1.90. The van der Waals surface area contributed by atoms with Crippen molar-refractivity contribution in [2.45, 2.75) is 5.72 Å². The molecule has 2 amide bonds. The number of aromatic amines is 1. The highest BCUT2D eigenvalue weighted by Gasteiger charge is 2.51. The van der Waals surface area contributed by atoms with Gasteiger partial charge in [0, 0.05) is 28.8 Å². The number of amides is 2. The third-order valence-corrected chi connectivity index (χ3v) is 6.15. The van der Waals surface area contributed by atoms with E-state index in [0.29, 0.717) is 44.2 Å². The number of aliphatic hydroxyl groups is 1. The standard InChI is InChI=1S/C24H19ClN4O5/c1-28(23(31)32)22-26-17-9-7-13(11-18(17)27-22)24(33)16-6-4-3-5-15(16)21(30)29(24)19-12-14(25)8-10-20(19)34-2/h3-12,33H,1-2H3,(H,26,27)(H,31,32). The van der Waals surface area contributed by atoms with Crippen LogP contribution in [0.15, 0.2) is 60.7 Å². The molecule has 3 aromatic carbocycles. The Labute approximate surface area is 198 Å². The number of nitrogens with zero attached hydrogens (tertiary/aromatic N) is 3. The summed E-state index contributed by atoms with van der Waals surface area (Å²) in [6.07, 6.45) is -1.17. The smallest absolute Gasteiger partial charge is 0.413 e. The second kappa shape index (κ2) is 7.75. The first kappa shape index (κ1) is 21.7. The number of carboxylic acid groups (broad SMARTS) is 1. The molecule has 1 unspecified atom stereocenters. The number of carbonyl (C=O) groups is 2. The van der Waals surface area contributed by atoms with Crippen molar-refractivity contribution >= 4 is 46.3 Å². The first-order valence-electron chi connectivity index (χ1n) is 10.2. The molecular weight excluding hydrogens is 460 g/mol. The van der Waals surface area contributed by atoms with Gasteiger partial charge in [0.05, 0.1) is 23.8 Å². The number of nitrogens with one attached hydrogen (secondary N) is 1. The Balaban J connectivity index is 1.74. The van der Waals surface area contributed by atoms with E-state index < -0.39 is 17.7 Å². The van der Waals surface area contributed by atoms with Crippen molar-refractivity contribution in [3.05, 3.63) is 82.4 Å². The second-order valence-electron chi connectivity index (χ2n) is 7.81. The van der Waals surface area contributed by atoms with Gasteiger partial charge in [0.25, 0.3) is 5.91 Å². The summed E-state index contributed by atoms with van der Waals surface area (Å²) in [4.78, 5) is 34.3. The number of aromatic nitrogens is 2.